The number of anilines is 1. The highest BCUT2D eigenvalue weighted by molar-refractivity contribution is 7.89. The molecule has 96 valence electrons. The second kappa shape index (κ2) is 5.89. The summed E-state index contributed by atoms with van der Waals surface area (Å²) in [6.07, 6.45) is 0. The van der Waals surface area contributed by atoms with Gasteiger partial charge in [0.25, 0.3) is 5.91 Å². The van der Waals surface area contributed by atoms with Crippen LogP contribution in [0.1, 0.15) is 9.80 Å². The van der Waals surface area contributed by atoms with E-state index in [1.54, 1.807) is 7.05 Å². The molecule has 0 unspecified atom stereocenters. The molecule has 0 saturated heterocycles. The number of amides is 1. The number of hydrogen-bond donors (Lipinski definition) is 3. The standard InChI is InChI=1S/C7H13N5O3S2/c1-8-7-12-11-6(16-7)5(13)10-3-4-17(14,15)9-2/h9H,3-4H2,1-2H3,(H,8,12)(H,10,13). The van der Waals surface area contributed by atoms with Gasteiger partial charge in [-0.25, -0.2) is 13.1 Å². The Kier molecular flexibility index (Phi) is 4.78. The first-order valence-electron chi connectivity index (χ1n) is 4.69. The van der Waals surface area contributed by atoms with E-state index in [9.17, 15) is 13.2 Å². The van der Waals surface area contributed by atoms with Crippen LogP contribution in [0.15, 0.2) is 0 Å². The zero-order valence-corrected chi connectivity index (χ0v) is 11.0. The summed E-state index contributed by atoms with van der Waals surface area (Å²) >= 11 is 1.09. The minimum absolute atomic E-state index is 0.0243. The minimum Gasteiger partial charge on any atom is -0.363 e. The van der Waals surface area contributed by atoms with Crippen molar-refractivity contribution in [2.75, 3.05) is 31.7 Å². The lowest BCUT2D eigenvalue weighted by molar-refractivity contribution is 0.0955. The number of nitrogens with zero attached hydrogens (tertiary/aromatic N) is 2. The van der Waals surface area contributed by atoms with Gasteiger partial charge in [-0.05, 0) is 7.05 Å². The van der Waals surface area contributed by atoms with Gasteiger partial charge in [0.2, 0.25) is 20.2 Å². The summed E-state index contributed by atoms with van der Waals surface area (Å²) in [7, 11) is -0.318. The molecule has 0 radical (unpaired) electrons. The molecule has 0 aliphatic rings. The summed E-state index contributed by atoms with van der Waals surface area (Å²) < 4.78 is 24.3. The molecule has 8 nitrogen and oxygen atoms in total. The first kappa shape index (κ1) is 13.8. The molecule has 17 heavy (non-hydrogen) atoms. The normalized spacial score (nSPS) is 11.2. The molecule has 0 spiro atoms. The van der Waals surface area contributed by atoms with Gasteiger partial charge >= 0.3 is 0 Å². The third-order valence-corrected chi connectivity index (χ3v) is 4.10. The molecule has 1 aromatic heterocycles. The van der Waals surface area contributed by atoms with E-state index >= 15 is 0 Å². The molecule has 0 bridgehead atoms. The van der Waals surface area contributed by atoms with Crippen molar-refractivity contribution in [1.82, 2.24) is 20.2 Å². The maximum absolute atomic E-state index is 11.5. The summed E-state index contributed by atoms with van der Waals surface area (Å²) in [5.41, 5.74) is 0. The van der Waals surface area contributed by atoms with E-state index in [2.05, 4.69) is 25.6 Å². The highest BCUT2D eigenvalue weighted by atomic mass is 32.2. The van der Waals surface area contributed by atoms with Gasteiger partial charge in [0.1, 0.15) is 0 Å². The van der Waals surface area contributed by atoms with Crippen molar-refractivity contribution in [1.29, 1.82) is 0 Å². The molecule has 1 aromatic rings. The molecule has 3 N–H and O–H groups in total. The van der Waals surface area contributed by atoms with Crippen LogP contribution in [0.25, 0.3) is 0 Å². The number of hydrogen-bond acceptors (Lipinski definition) is 7. The van der Waals surface area contributed by atoms with Crippen molar-refractivity contribution in [3.8, 4) is 0 Å². The van der Waals surface area contributed by atoms with E-state index in [0.717, 1.165) is 11.3 Å². The zero-order valence-electron chi connectivity index (χ0n) is 9.35. The molecule has 0 aliphatic carbocycles. The van der Waals surface area contributed by atoms with Crippen LogP contribution < -0.4 is 15.4 Å². The van der Waals surface area contributed by atoms with Crippen LogP contribution in [0, 0.1) is 0 Å². The van der Waals surface area contributed by atoms with Crippen LogP contribution in [0.4, 0.5) is 5.13 Å². The lowest BCUT2D eigenvalue weighted by Gasteiger charge is -2.02. The Bertz CT molecular complexity index is 483. The number of sulfonamides is 1. The van der Waals surface area contributed by atoms with Crippen LogP contribution in [-0.2, 0) is 10.0 Å². The smallest absolute Gasteiger partial charge is 0.282 e. The topological polar surface area (TPSA) is 113 Å². The van der Waals surface area contributed by atoms with Crippen molar-refractivity contribution in [2.24, 2.45) is 0 Å². The second-order valence-corrected chi connectivity index (χ2v) is 5.96. The number of carbonyl (C=O) groups is 1. The minimum atomic E-state index is -3.31. The van der Waals surface area contributed by atoms with Crippen LogP contribution in [0.2, 0.25) is 0 Å². The van der Waals surface area contributed by atoms with Crippen molar-refractivity contribution in [2.45, 2.75) is 0 Å². The van der Waals surface area contributed by atoms with Crippen LogP contribution in [-0.4, -0.2) is 50.9 Å². The largest absolute Gasteiger partial charge is 0.363 e. The lowest BCUT2D eigenvalue weighted by atomic mass is 10.6. The van der Waals surface area contributed by atoms with E-state index in [0.29, 0.717) is 5.13 Å². The van der Waals surface area contributed by atoms with E-state index in [1.165, 1.54) is 7.05 Å². The predicted octanol–water partition coefficient (Wildman–Crippen LogP) is -1.14. The van der Waals surface area contributed by atoms with Gasteiger partial charge < -0.3 is 10.6 Å². The number of carbonyl (C=O) groups excluding carboxylic acids is 1. The maximum Gasteiger partial charge on any atom is 0.282 e. The van der Waals surface area contributed by atoms with Gasteiger partial charge in [-0.15, -0.1) is 10.2 Å². The van der Waals surface area contributed by atoms with E-state index in [-0.39, 0.29) is 17.3 Å². The van der Waals surface area contributed by atoms with Crippen molar-refractivity contribution >= 4 is 32.4 Å². The van der Waals surface area contributed by atoms with Crippen LogP contribution in [0.5, 0.6) is 0 Å². The van der Waals surface area contributed by atoms with Gasteiger partial charge in [0.05, 0.1) is 5.75 Å². The summed E-state index contributed by atoms with van der Waals surface area (Å²) in [6.45, 7) is 0.0243. The average Bonchev–Trinajstić information content (AvgIpc) is 2.77. The summed E-state index contributed by atoms with van der Waals surface area (Å²) in [4.78, 5) is 11.5. The molecule has 0 aromatic carbocycles. The van der Waals surface area contributed by atoms with Gasteiger partial charge in [0, 0.05) is 13.6 Å². The van der Waals surface area contributed by atoms with Crippen molar-refractivity contribution in [3.05, 3.63) is 5.01 Å². The predicted molar refractivity (Wildman–Crippen MR) is 64.6 cm³/mol. The molecule has 1 heterocycles. The zero-order chi connectivity index (χ0) is 12.9. The molecule has 10 heteroatoms. The van der Waals surface area contributed by atoms with Crippen molar-refractivity contribution < 1.29 is 13.2 Å². The third-order valence-electron chi connectivity index (χ3n) is 1.80. The van der Waals surface area contributed by atoms with E-state index in [1.807, 2.05) is 0 Å². The molecule has 0 atom stereocenters. The summed E-state index contributed by atoms with van der Waals surface area (Å²) in [5, 5.41) is 13.3. The van der Waals surface area contributed by atoms with Crippen molar-refractivity contribution in [3.63, 3.8) is 0 Å². The fraction of sp³-hybridized carbons (Fsp3) is 0.571. The van der Waals surface area contributed by atoms with Crippen LogP contribution >= 0.6 is 11.3 Å². The Hall–Kier alpha value is -1.26. The molecule has 0 aliphatic heterocycles. The number of rotatable bonds is 6. The molecular weight excluding hydrogens is 266 g/mol. The van der Waals surface area contributed by atoms with E-state index in [4.69, 9.17) is 0 Å². The Morgan fingerprint density at radius 2 is 2.06 bits per heavy atom. The Morgan fingerprint density at radius 3 is 2.59 bits per heavy atom. The average molecular weight is 279 g/mol. The fourth-order valence-electron chi connectivity index (χ4n) is 0.893. The molecular formula is C7H13N5O3S2. The molecule has 1 amide bonds. The van der Waals surface area contributed by atoms with Gasteiger partial charge in [-0.2, -0.15) is 0 Å². The SMILES string of the molecule is CNc1nnc(C(=O)NCCS(=O)(=O)NC)s1. The second-order valence-electron chi connectivity index (χ2n) is 2.94. The van der Waals surface area contributed by atoms with E-state index < -0.39 is 15.9 Å². The first-order valence-corrected chi connectivity index (χ1v) is 7.16. The number of aromatic nitrogens is 2. The lowest BCUT2D eigenvalue weighted by Crippen LogP contribution is -2.32. The Balaban J connectivity index is 2.45. The first-order chi connectivity index (χ1) is 7.98. The highest BCUT2D eigenvalue weighted by Gasteiger charge is 2.13. The monoisotopic (exact) mass is 279 g/mol. The Morgan fingerprint density at radius 1 is 1.35 bits per heavy atom. The molecule has 0 fully saturated rings. The third kappa shape index (κ3) is 4.24. The fourth-order valence-corrected chi connectivity index (χ4v) is 2.08. The quantitative estimate of drug-likeness (QED) is 0.606. The van der Waals surface area contributed by atoms with Gasteiger partial charge in [0.15, 0.2) is 0 Å². The highest BCUT2D eigenvalue weighted by Crippen LogP contribution is 2.13. The van der Waals surface area contributed by atoms with Gasteiger partial charge in [-0.1, -0.05) is 11.3 Å². The number of nitrogens with one attached hydrogen (secondary N) is 3. The molecule has 1 rings (SSSR count). The summed E-state index contributed by atoms with van der Waals surface area (Å²) in [6, 6.07) is 0. The summed E-state index contributed by atoms with van der Waals surface area (Å²) in [5.74, 6) is -0.609. The molecule has 0 saturated carbocycles. The Labute approximate surface area is 103 Å². The maximum atomic E-state index is 11.5. The van der Waals surface area contributed by atoms with Crippen LogP contribution in [0.3, 0.4) is 0 Å². The van der Waals surface area contributed by atoms with Gasteiger partial charge in [-0.3, -0.25) is 4.79 Å².